The number of hydrogen-bond donors (Lipinski definition) is 1. The first-order chi connectivity index (χ1) is 15.6. The van der Waals surface area contributed by atoms with Gasteiger partial charge in [-0.05, 0) is 55.3 Å². The number of carbonyl (C=O) groups excluding carboxylic acids is 1. The van der Waals surface area contributed by atoms with Crippen LogP contribution in [0.4, 0.5) is 11.4 Å². The van der Waals surface area contributed by atoms with Gasteiger partial charge in [0.05, 0.1) is 36.2 Å². The second-order valence-corrected chi connectivity index (χ2v) is 11.4. The van der Waals surface area contributed by atoms with Crippen molar-refractivity contribution in [1.29, 1.82) is 0 Å². The number of nitrogens with one attached hydrogen (secondary N) is 1. The Kier molecular flexibility index (Phi) is 7.45. The second-order valence-electron chi connectivity index (χ2n) is 7.56. The summed E-state index contributed by atoms with van der Waals surface area (Å²) in [6, 6.07) is 10.4. The lowest BCUT2D eigenvalue weighted by Gasteiger charge is -2.21. The third-order valence-corrected chi connectivity index (χ3v) is 8.29. The van der Waals surface area contributed by atoms with Crippen LogP contribution in [0.25, 0.3) is 0 Å². The van der Waals surface area contributed by atoms with Gasteiger partial charge in [-0.25, -0.2) is 16.8 Å². The molecule has 1 N–H and O–H groups in total. The molecular weight excluding hydrogens is 466 g/mol. The highest BCUT2D eigenvalue weighted by atomic mass is 32.2. The molecule has 3 rings (SSSR count). The van der Waals surface area contributed by atoms with E-state index in [1.165, 1.54) is 60.0 Å². The van der Waals surface area contributed by atoms with Crippen LogP contribution in [0, 0.1) is 0 Å². The number of sulfonamides is 2. The molecular formula is C22H27N3O6S2. The quantitative estimate of drug-likeness (QED) is 0.538. The van der Waals surface area contributed by atoms with Crippen molar-refractivity contribution in [2.75, 3.05) is 42.6 Å². The van der Waals surface area contributed by atoms with Crippen LogP contribution in [0.5, 0.6) is 5.75 Å². The molecule has 2 aromatic carbocycles. The molecule has 33 heavy (non-hydrogen) atoms. The summed E-state index contributed by atoms with van der Waals surface area (Å²) in [6.45, 7) is 4.61. The Morgan fingerprint density at radius 2 is 1.76 bits per heavy atom. The van der Waals surface area contributed by atoms with E-state index in [1.54, 1.807) is 0 Å². The van der Waals surface area contributed by atoms with E-state index in [1.807, 2.05) is 0 Å². The summed E-state index contributed by atoms with van der Waals surface area (Å²) in [5.74, 6) is -0.181. The first kappa shape index (κ1) is 24.7. The maximum absolute atomic E-state index is 12.9. The number of methoxy groups -OCH3 is 1. The number of benzene rings is 2. The number of carbonyl (C=O) groups is 1. The molecule has 1 aliphatic rings. The molecule has 0 aliphatic carbocycles. The van der Waals surface area contributed by atoms with E-state index < -0.39 is 26.0 Å². The Morgan fingerprint density at radius 3 is 2.30 bits per heavy atom. The number of anilines is 2. The fourth-order valence-electron chi connectivity index (χ4n) is 3.55. The highest BCUT2D eigenvalue weighted by Crippen LogP contribution is 2.30. The fraction of sp³-hybridized carbons (Fsp3) is 0.318. The standard InChI is InChI=1S/C22H27N3O6S2/c1-4-13-25(32(3,27)28)18-9-7-17(8-10-18)22(26)23-20-16-19(11-12-21(20)31-2)33(29,30)24-14-5-6-15-24/h4,7-12,16H,1,5-6,13-15H2,2-3H3,(H,23,26). The van der Waals surface area contributed by atoms with Crippen LogP contribution in [-0.2, 0) is 20.0 Å². The van der Waals surface area contributed by atoms with Gasteiger partial charge in [0.1, 0.15) is 5.75 Å². The van der Waals surface area contributed by atoms with Crippen LogP contribution < -0.4 is 14.4 Å². The van der Waals surface area contributed by atoms with Gasteiger partial charge in [-0.1, -0.05) is 6.08 Å². The summed E-state index contributed by atoms with van der Waals surface area (Å²) < 4.78 is 57.6. The fourth-order valence-corrected chi connectivity index (χ4v) is 5.97. The highest BCUT2D eigenvalue weighted by molar-refractivity contribution is 7.92. The minimum Gasteiger partial charge on any atom is -0.495 e. The summed E-state index contributed by atoms with van der Waals surface area (Å²) in [4.78, 5) is 12.9. The van der Waals surface area contributed by atoms with Crippen molar-refractivity contribution in [2.45, 2.75) is 17.7 Å². The van der Waals surface area contributed by atoms with Crippen molar-refractivity contribution >= 4 is 37.3 Å². The highest BCUT2D eigenvalue weighted by Gasteiger charge is 2.28. The Bertz CT molecular complexity index is 1240. The third-order valence-electron chi connectivity index (χ3n) is 5.23. The van der Waals surface area contributed by atoms with Gasteiger partial charge < -0.3 is 10.1 Å². The molecule has 0 bridgehead atoms. The Morgan fingerprint density at radius 1 is 1.12 bits per heavy atom. The molecule has 178 valence electrons. The minimum atomic E-state index is -3.67. The normalized spacial score (nSPS) is 14.6. The van der Waals surface area contributed by atoms with Crippen molar-refractivity contribution in [2.24, 2.45) is 0 Å². The lowest BCUT2D eigenvalue weighted by molar-refractivity contribution is 0.102. The lowest BCUT2D eigenvalue weighted by Crippen LogP contribution is -2.29. The summed E-state index contributed by atoms with van der Waals surface area (Å²) in [5.41, 5.74) is 0.877. The van der Waals surface area contributed by atoms with Crippen molar-refractivity contribution < 1.29 is 26.4 Å². The molecule has 0 unspecified atom stereocenters. The number of hydrogen-bond acceptors (Lipinski definition) is 6. The van der Waals surface area contributed by atoms with E-state index in [9.17, 15) is 21.6 Å². The zero-order chi connectivity index (χ0) is 24.2. The van der Waals surface area contributed by atoms with Crippen molar-refractivity contribution in [3.63, 3.8) is 0 Å². The molecule has 0 saturated carbocycles. The van der Waals surface area contributed by atoms with Gasteiger partial charge >= 0.3 is 0 Å². The average molecular weight is 494 g/mol. The summed E-state index contributed by atoms with van der Waals surface area (Å²) >= 11 is 0. The van der Waals surface area contributed by atoms with Crippen LogP contribution >= 0.6 is 0 Å². The number of rotatable bonds is 9. The van der Waals surface area contributed by atoms with E-state index in [2.05, 4.69) is 11.9 Å². The van der Waals surface area contributed by atoms with Gasteiger partial charge in [0.25, 0.3) is 5.91 Å². The molecule has 1 amide bonds. The molecule has 11 heteroatoms. The van der Waals surface area contributed by atoms with Gasteiger partial charge in [0, 0.05) is 18.7 Å². The van der Waals surface area contributed by atoms with Crippen LogP contribution in [0.15, 0.2) is 60.0 Å². The Hall–Kier alpha value is -2.89. The largest absolute Gasteiger partial charge is 0.495 e. The predicted molar refractivity (Wildman–Crippen MR) is 128 cm³/mol. The molecule has 1 saturated heterocycles. The zero-order valence-corrected chi connectivity index (χ0v) is 20.2. The Labute approximate surface area is 194 Å². The van der Waals surface area contributed by atoms with Crippen LogP contribution in [0.3, 0.4) is 0 Å². The molecule has 2 aromatic rings. The smallest absolute Gasteiger partial charge is 0.255 e. The maximum atomic E-state index is 12.9. The maximum Gasteiger partial charge on any atom is 0.255 e. The van der Waals surface area contributed by atoms with Crippen molar-refractivity contribution in [3.05, 3.63) is 60.7 Å². The third kappa shape index (κ3) is 5.55. The van der Waals surface area contributed by atoms with E-state index >= 15 is 0 Å². The van der Waals surface area contributed by atoms with Gasteiger partial charge in [-0.3, -0.25) is 9.10 Å². The minimum absolute atomic E-state index is 0.0732. The number of amides is 1. The first-order valence-electron chi connectivity index (χ1n) is 10.3. The second kappa shape index (κ2) is 9.94. The molecule has 1 heterocycles. The predicted octanol–water partition coefficient (Wildman–Crippen LogP) is 2.68. The van der Waals surface area contributed by atoms with E-state index in [0.717, 1.165) is 23.4 Å². The van der Waals surface area contributed by atoms with E-state index in [0.29, 0.717) is 24.5 Å². The van der Waals surface area contributed by atoms with Crippen molar-refractivity contribution in [3.8, 4) is 5.75 Å². The van der Waals surface area contributed by atoms with Crippen LogP contribution in [0.1, 0.15) is 23.2 Å². The molecule has 1 aliphatic heterocycles. The van der Waals surface area contributed by atoms with E-state index in [-0.39, 0.29) is 22.7 Å². The number of nitrogens with zero attached hydrogens (tertiary/aromatic N) is 2. The number of ether oxygens (including phenoxy) is 1. The van der Waals surface area contributed by atoms with Crippen molar-refractivity contribution in [1.82, 2.24) is 4.31 Å². The summed E-state index contributed by atoms with van der Waals surface area (Å²) in [6.07, 6.45) is 4.20. The molecule has 0 atom stereocenters. The molecule has 0 aromatic heterocycles. The summed E-state index contributed by atoms with van der Waals surface area (Å²) in [7, 11) is -5.75. The first-order valence-corrected chi connectivity index (χ1v) is 13.5. The molecule has 1 fully saturated rings. The zero-order valence-electron chi connectivity index (χ0n) is 18.5. The van der Waals surface area contributed by atoms with Gasteiger partial charge in [-0.2, -0.15) is 4.31 Å². The van der Waals surface area contributed by atoms with Gasteiger partial charge in [-0.15, -0.1) is 6.58 Å². The Balaban J connectivity index is 1.85. The van der Waals surface area contributed by atoms with E-state index in [4.69, 9.17) is 4.74 Å². The molecule has 0 radical (unpaired) electrons. The lowest BCUT2D eigenvalue weighted by atomic mass is 10.2. The van der Waals surface area contributed by atoms with Crippen LogP contribution in [0.2, 0.25) is 0 Å². The van der Waals surface area contributed by atoms with Gasteiger partial charge in [0.2, 0.25) is 20.0 Å². The topological polar surface area (TPSA) is 113 Å². The monoisotopic (exact) mass is 493 g/mol. The average Bonchev–Trinajstić information content (AvgIpc) is 3.33. The molecule has 0 spiro atoms. The molecule has 9 nitrogen and oxygen atoms in total. The van der Waals surface area contributed by atoms with Crippen LogP contribution in [-0.4, -0.2) is 60.0 Å². The summed E-state index contributed by atoms with van der Waals surface area (Å²) in [5, 5.41) is 2.69. The SMILES string of the molecule is C=CCN(c1ccc(C(=O)Nc2cc(S(=O)(=O)N3CCCC3)ccc2OC)cc1)S(C)(=O)=O. The van der Waals surface area contributed by atoms with Gasteiger partial charge in [0.15, 0.2) is 0 Å².